The van der Waals surface area contributed by atoms with Gasteiger partial charge in [-0.2, -0.15) is 0 Å². The van der Waals surface area contributed by atoms with Crippen LogP contribution in [0.25, 0.3) is 5.57 Å². The molecular weight excluding hydrogens is 392 g/mol. The maximum atomic E-state index is 11.1. The molecule has 1 atom stereocenters. The molecule has 1 saturated heterocycles. The minimum Gasteiger partial charge on any atom is -0.481 e. The average Bonchev–Trinajstić information content (AvgIpc) is 2.83. The molecule has 1 aliphatic heterocycles. The van der Waals surface area contributed by atoms with Gasteiger partial charge in [0.1, 0.15) is 0 Å². The highest BCUT2D eigenvalue weighted by Gasteiger charge is 2.23. The number of carboxylic acids is 1. The number of ether oxygens (including phenoxy) is 1. The monoisotopic (exact) mass is 422 g/mol. The lowest BCUT2D eigenvalue weighted by atomic mass is 9.87. The third kappa shape index (κ3) is 5.40. The van der Waals surface area contributed by atoms with E-state index in [1.54, 1.807) is 0 Å². The first-order chi connectivity index (χ1) is 15.1. The van der Waals surface area contributed by atoms with E-state index in [4.69, 9.17) is 9.84 Å². The second-order valence-electron chi connectivity index (χ2n) is 8.41. The average molecular weight is 423 g/mol. The van der Waals surface area contributed by atoms with Gasteiger partial charge < -0.3 is 14.7 Å². The molecule has 0 saturated carbocycles. The fraction of sp³-hybridized carbons (Fsp3) is 0.500. The molecule has 1 aliphatic carbocycles. The Kier molecular flexibility index (Phi) is 6.79. The van der Waals surface area contributed by atoms with Gasteiger partial charge in [-0.1, -0.05) is 13.0 Å². The van der Waals surface area contributed by atoms with Crippen molar-refractivity contribution < 1.29 is 14.6 Å². The Labute approximate surface area is 183 Å². The molecule has 2 aromatic rings. The van der Waals surface area contributed by atoms with E-state index in [9.17, 15) is 4.79 Å². The molecule has 4 rings (SSSR count). The number of pyridine rings is 1. The van der Waals surface area contributed by atoms with Crippen molar-refractivity contribution >= 4 is 17.5 Å². The van der Waals surface area contributed by atoms with Crippen molar-refractivity contribution in [3.05, 3.63) is 47.9 Å². The van der Waals surface area contributed by atoms with Crippen LogP contribution in [0.3, 0.4) is 0 Å². The molecule has 3 heterocycles. The molecule has 1 fully saturated rings. The van der Waals surface area contributed by atoms with Crippen LogP contribution in [0.1, 0.15) is 50.2 Å². The standard InChI is InChI=1S/C24H30N4O3/c1-2-17-13-26-24(27-14-17)28-11-9-18(10-12-28)16-31-22-8-7-21(15-25-22)19-3-5-20(6-4-19)23(29)30/h3,7-8,13-15,18,20H,2,4-6,9-12,16H2,1H3,(H,29,30). The zero-order valence-electron chi connectivity index (χ0n) is 18.0. The lowest BCUT2D eigenvalue weighted by Crippen LogP contribution is -2.36. The van der Waals surface area contributed by atoms with Gasteiger partial charge in [0.2, 0.25) is 11.8 Å². The molecule has 0 amide bonds. The summed E-state index contributed by atoms with van der Waals surface area (Å²) in [5, 5.41) is 9.12. The molecule has 0 radical (unpaired) electrons. The van der Waals surface area contributed by atoms with Crippen LogP contribution in [0.15, 0.2) is 36.8 Å². The van der Waals surface area contributed by atoms with Crippen molar-refractivity contribution in [2.75, 3.05) is 24.6 Å². The minimum absolute atomic E-state index is 0.256. The molecule has 0 aromatic carbocycles. The molecule has 0 bridgehead atoms. The van der Waals surface area contributed by atoms with Crippen LogP contribution in [0.5, 0.6) is 5.88 Å². The van der Waals surface area contributed by atoms with Crippen LogP contribution in [0.2, 0.25) is 0 Å². The van der Waals surface area contributed by atoms with E-state index < -0.39 is 5.97 Å². The van der Waals surface area contributed by atoms with Crippen LogP contribution < -0.4 is 9.64 Å². The Hall–Kier alpha value is -2.96. The highest BCUT2D eigenvalue weighted by molar-refractivity contribution is 5.73. The van der Waals surface area contributed by atoms with Crippen molar-refractivity contribution in [2.45, 2.75) is 45.4 Å². The Morgan fingerprint density at radius 1 is 1.13 bits per heavy atom. The third-order valence-corrected chi connectivity index (χ3v) is 6.33. The fourth-order valence-corrected chi connectivity index (χ4v) is 4.17. The van der Waals surface area contributed by atoms with E-state index >= 15 is 0 Å². The van der Waals surface area contributed by atoms with Crippen LogP contribution in [0.4, 0.5) is 5.95 Å². The topological polar surface area (TPSA) is 88.4 Å². The number of allylic oxidation sites excluding steroid dienone is 2. The number of rotatable bonds is 7. The maximum Gasteiger partial charge on any atom is 0.306 e. The highest BCUT2D eigenvalue weighted by atomic mass is 16.5. The SMILES string of the molecule is CCc1cnc(N2CCC(COc3ccc(C4=CCC(C(=O)O)CC4)cn3)CC2)nc1. The fourth-order valence-electron chi connectivity index (χ4n) is 4.17. The number of aryl methyl sites for hydroxylation is 1. The molecule has 1 N–H and O–H groups in total. The third-order valence-electron chi connectivity index (χ3n) is 6.33. The maximum absolute atomic E-state index is 11.1. The molecule has 2 aromatic heterocycles. The van der Waals surface area contributed by atoms with Crippen LogP contribution in [-0.4, -0.2) is 45.7 Å². The number of carbonyl (C=O) groups is 1. The number of carboxylic acid groups (broad SMARTS) is 1. The summed E-state index contributed by atoms with van der Waals surface area (Å²) in [6, 6.07) is 3.94. The van der Waals surface area contributed by atoms with Crippen LogP contribution >= 0.6 is 0 Å². The molecule has 164 valence electrons. The van der Waals surface area contributed by atoms with Crippen molar-refractivity contribution in [3.63, 3.8) is 0 Å². The number of hydrogen-bond donors (Lipinski definition) is 1. The summed E-state index contributed by atoms with van der Waals surface area (Å²) < 4.78 is 5.95. The Bertz CT molecular complexity index is 903. The minimum atomic E-state index is -0.704. The first-order valence-corrected chi connectivity index (χ1v) is 11.2. The summed E-state index contributed by atoms with van der Waals surface area (Å²) in [5.74, 6) is 1.00. The van der Waals surface area contributed by atoms with Crippen molar-refractivity contribution in [2.24, 2.45) is 11.8 Å². The predicted molar refractivity (Wildman–Crippen MR) is 119 cm³/mol. The number of hydrogen-bond acceptors (Lipinski definition) is 6. The van der Waals surface area contributed by atoms with Gasteiger partial charge in [-0.05, 0) is 67.2 Å². The molecule has 7 heteroatoms. The predicted octanol–water partition coefficient (Wildman–Crippen LogP) is 4.00. The second-order valence-corrected chi connectivity index (χ2v) is 8.41. The Balaban J connectivity index is 1.23. The van der Waals surface area contributed by atoms with Crippen LogP contribution in [0, 0.1) is 11.8 Å². The summed E-state index contributed by atoms with van der Waals surface area (Å²) in [6.07, 6.45) is 12.8. The summed E-state index contributed by atoms with van der Waals surface area (Å²) in [5.41, 5.74) is 3.39. The van der Waals surface area contributed by atoms with Crippen molar-refractivity contribution in [1.29, 1.82) is 0 Å². The second kappa shape index (κ2) is 9.90. The van der Waals surface area contributed by atoms with E-state index in [1.165, 1.54) is 5.57 Å². The quantitative estimate of drug-likeness (QED) is 0.721. The lowest BCUT2D eigenvalue weighted by molar-refractivity contribution is -0.141. The number of piperidine rings is 1. The van der Waals surface area contributed by atoms with Gasteiger partial charge in [0.25, 0.3) is 0 Å². The van der Waals surface area contributed by atoms with Crippen molar-refractivity contribution in [3.8, 4) is 5.88 Å². The van der Waals surface area contributed by atoms with E-state index in [0.717, 1.165) is 55.8 Å². The van der Waals surface area contributed by atoms with E-state index in [0.29, 0.717) is 31.2 Å². The number of aliphatic carboxylic acids is 1. The highest BCUT2D eigenvalue weighted by Crippen LogP contribution is 2.30. The summed E-state index contributed by atoms with van der Waals surface area (Å²) in [4.78, 5) is 26.8. The van der Waals surface area contributed by atoms with Gasteiger partial charge >= 0.3 is 5.97 Å². The van der Waals surface area contributed by atoms with Crippen molar-refractivity contribution in [1.82, 2.24) is 15.0 Å². The molecular formula is C24H30N4O3. The van der Waals surface area contributed by atoms with E-state index in [1.807, 2.05) is 36.8 Å². The molecule has 7 nitrogen and oxygen atoms in total. The number of nitrogens with zero attached hydrogens (tertiary/aromatic N) is 4. The molecule has 31 heavy (non-hydrogen) atoms. The summed E-state index contributed by atoms with van der Waals surface area (Å²) >= 11 is 0. The number of anilines is 1. The summed E-state index contributed by atoms with van der Waals surface area (Å²) in [6.45, 7) is 4.66. The van der Waals surface area contributed by atoms with E-state index in [2.05, 4.69) is 26.8 Å². The first-order valence-electron chi connectivity index (χ1n) is 11.2. The van der Waals surface area contributed by atoms with Gasteiger partial charge in [0, 0.05) is 37.7 Å². The summed E-state index contributed by atoms with van der Waals surface area (Å²) in [7, 11) is 0. The van der Waals surface area contributed by atoms with Gasteiger partial charge in [0.05, 0.1) is 12.5 Å². The Morgan fingerprint density at radius 3 is 2.48 bits per heavy atom. The van der Waals surface area contributed by atoms with Crippen LogP contribution in [-0.2, 0) is 11.2 Å². The molecule has 2 aliphatic rings. The normalized spacial score (nSPS) is 19.7. The number of aromatic nitrogens is 3. The molecule has 1 unspecified atom stereocenters. The van der Waals surface area contributed by atoms with E-state index in [-0.39, 0.29) is 5.92 Å². The van der Waals surface area contributed by atoms with Gasteiger partial charge in [-0.3, -0.25) is 4.79 Å². The smallest absolute Gasteiger partial charge is 0.306 e. The van der Waals surface area contributed by atoms with Gasteiger partial charge in [0.15, 0.2) is 0 Å². The zero-order valence-corrected chi connectivity index (χ0v) is 18.0. The lowest BCUT2D eigenvalue weighted by Gasteiger charge is -2.31. The van der Waals surface area contributed by atoms with Gasteiger partial charge in [-0.15, -0.1) is 0 Å². The largest absolute Gasteiger partial charge is 0.481 e. The Morgan fingerprint density at radius 2 is 1.90 bits per heavy atom. The first kappa shape index (κ1) is 21.3. The molecule has 0 spiro atoms. The zero-order chi connectivity index (χ0) is 21.6. The van der Waals surface area contributed by atoms with Gasteiger partial charge in [-0.25, -0.2) is 15.0 Å².